The number of anilines is 2. The number of carbonyl (C=O) groups is 4. The van der Waals surface area contributed by atoms with Gasteiger partial charge in [0.15, 0.2) is 6.61 Å². The van der Waals surface area contributed by atoms with Crippen LogP contribution in [0.2, 0.25) is 0 Å². The number of ether oxygens (including phenoxy) is 1. The van der Waals surface area contributed by atoms with Crippen molar-refractivity contribution in [2.75, 3.05) is 16.4 Å². The van der Waals surface area contributed by atoms with Gasteiger partial charge in [0.2, 0.25) is 0 Å². The van der Waals surface area contributed by atoms with Gasteiger partial charge in [0.05, 0.1) is 22.4 Å². The summed E-state index contributed by atoms with van der Waals surface area (Å²) in [4.78, 5) is 53.6. The Labute approximate surface area is 190 Å². The van der Waals surface area contributed by atoms with E-state index in [1.165, 1.54) is 12.1 Å². The van der Waals surface area contributed by atoms with Crippen LogP contribution in [0.4, 0.5) is 11.4 Å². The third-order valence-electron chi connectivity index (χ3n) is 5.94. The van der Waals surface area contributed by atoms with Crippen LogP contribution in [0, 0.1) is 0 Å². The number of fused-ring (bicyclic) bond motifs is 2. The van der Waals surface area contributed by atoms with Crippen molar-refractivity contribution in [3.63, 3.8) is 0 Å². The molecule has 0 fully saturated rings. The van der Waals surface area contributed by atoms with E-state index in [1.54, 1.807) is 41.3 Å². The van der Waals surface area contributed by atoms with Crippen LogP contribution in [-0.2, 0) is 16.0 Å². The summed E-state index contributed by atoms with van der Waals surface area (Å²) >= 11 is 0. The second-order valence-electron chi connectivity index (χ2n) is 8.06. The summed E-state index contributed by atoms with van der Waals surface area (Å²) in [7, 11) is 0. The molecule has 1 unspecified atom stereocenters. The molecule has 0 N–H and O–H groups in total. The molecule has 0 bridgehead atoms. The highest BCUT2D eigenvalue weighted by Gasteiger charge is 2.36. The Bertz CT molecular complexity index is 1280. The number of rotatable bonds is 4. The summed E-state index contributed by atoms with van der Waals surface area (Å²) in [6, 6.07) is 20.3. The number of benzene rings is 3. The molecule has 2 heterocycles. The van der Waals surface area contributed by atoms with Crippen molar-refractivity contribution >= 4 is 35.1 Å². The van der Waals surface area contributed by atoms with Crippen LogP contribution in [0.25, 0.3) is 0 Å². The first-order chi connectivity index (χ1) is 16.0. The molecule has 0 saturated carbocycles. The molecule has 7 nitrogen and oxygen atoms in total. The molecule has 2 aliphatic heterocycles. The van der Waals surface area contributed by atoms with Crippen molar-refractivity contribution in [3.05, 3.63) is 95.1 Å². The van der Waals surface area contributed by atoms with Crippen LogP contribution in [0.3, 0.4) is 0 Å². The first-order valence-electron chi connectivity index (χ1n) is 10.6. The molecule has 0 spiro atoms. The highest BCUT2D eigenvalue weighted by atomic mass is 16.5. The molecule has 33 heavy (non-hydrogen) atoms. The van der Waals surface area contributed by atoms with Crippen molar-refractivity contribution < 1.29 is 23.9 Å². The van der Waals surface area contributed by atoms with E-state index >= 15 is 0 Å². The van der Waals surface area contributed by atoms with Crippen LogP contribution < -0.4 is 9.80 Å². The third-order valence-corrected chi connectivity index (χ3v) is 5.94. The van der Waals surface area contributed by atoms with Gasteiger partial charge in [0.25, 0.3) is 17.7 Å². The van der Waals surface area contributed by atoms with E-state index < -0.39 is 24.4 Å². The monoisotopic (exact) mass is 440 g/mol. The van der Waals surface area contributed by atoms with E-state index in [-0.39, 0.29) is 23.2 Å². The molecule has 5 rings (SSSR count). The minimum Gasteiger partial charge on any atom is -0.452 e. The lowest BCUT2D eigenvalue weighted by Crippen LogP contribution is -2.38. The Morgan fingerprint density at radius 3 is 2.30 bits per heavy atom. The minimum atomic E-state index is -0.707. The van der Waals surface area contributed by atoms with Crippen LogP contribution in [0.15, 0.2) is 72.8 Å². The second kappa shape index (κ2) is 8.02. The van der Waals surface area contributed by atoms with Gasteiger partial charge in [-0.25, -0.2) is 9.69 Å². The Morgan fingerprint density at radius 2 is 1.58 bits per heavy atom. The van der Waals surface area contributed by atoms with E-state index in [0.29, 0.717) is 11.1 Å². The second-order valence-corrected chi connectivity index (χ2v) is 8.06. The van der Waals surface area contributed by atoms with Crippen LogP contribution in [0.1, 0.15) is 43.6 Å². The lowest BCUT2D eigenvalue weighted by molar-refractivity contribution is -0.122. The SMILES string of the molecule is CC1Cc2ccccc2N1C(=O)COC(=O)c1cccc(N2C(=O)c3ccccc3C2=O)c1. The van der Waals surface area contributed by atoms with Crippen LogP contribution in [0.5, 0.6) is 0 Å². The van der Waals surface area contributed by atoms with E-state index in [0.717, 1.165) is 22.6 Å². The number of carbonyl (C=O) groups excluding carboxylic acids is 4. The third kappa shape index (κ3) is 3.47. The first-order valence-corrected chi connectivity index (χ1v) is 10.6. The summed E-state index contributed by atoms with van der Waals surface area (Å²) in [6.07, 6.45) is 0.748. The maximum Gasteiger partial charge on any atom is 0.338 e. The van der Waals surface area contributed by atoms with Crippen molar-refractivity contribution in [1.82, 2.24) is 0 Å². The maximum atomic E-state index is 12.8. The average molecular weight is 440 g/mol. The standard InChI is InChI=1S/C26H20N2O5/c1-16-13-17-7-2-5-12-22(17)27(16)23(29)15-33-26(32)18-8-6-9-19(14-18)28-24(30)20-10-3-4-11-21(20)25(28)31/h2-12,14,16H,13,15H2,1H3. The smallest absolute Gasteiger partial charge is 0.338 e. The number of hydrogen-bond acceptors (Lipinski definition) is 5. The minimum absolute atomic E-state index is 0.0225. The Morgan fingerprint density at radius 1 is 0.909 bits per heavy atom. The summed E-state index contributed by atoms with van der Waals surface area (Å²) in [5.41, 5.74) is 2.97. The molecule has 0 aromatic heterocycles. The van der Waals surface area contributed by atoms with Gasteiger partial charge in [-0.2, -0.15) is 0 Å². The molecular formula is C26H20N2O5. The number of hydrogen-bond donors (Lipinski definition) is 0. The van der Waals surface area contributed by atoms with E-state index in [9.17, 15) is 19.2 Å². The van der Waals surface area contributed by atoms with E-state index in [2.05, 4.69) is 0 Å². The van der Waals surface area contributed by atoms with Gasteiger partial charge in [0.1, 0.15) is 0 Å². The normalized spacial score (nSPS) is 16.6. The van der Waals surface area contributed by atoms with Crippen LogP contribution >= 0.6 is 0 Å². The molecular weight excluding hydrogens is 420 g/mol. The molecule has 3 aromatic rings. The molecule has 7 heteroatoms. The van der Waals surface area contributed by atoms with Gasteiger partial charge < -0.3 is 9.64 Å². The van der Waals surface area contributed by atoms with Crippen molar-refractivity contribution in [2.24, 2.45) is 0 Å². The molecule has 3 amide bonds. The quantitative estimate of drug-likeness (QED) is 0.457. The number of nitrogens with zero attached hydrogens (tertiary/aromatic N) is 2. The highest BCUT2D eigenvalue weighted by molar-refractivity contribution is 6.34. The number of imide groups is 1. The zero-order valence-corrected chi connectivity index (χ0v) is 17.9. The van der Waals surface area contributed by atoms with Crippen molar-refractivity contribution in [1.29, 1.82) is 0 Å². The number of amides is 3. The average Bonchev–Trinajstić information content (AvgIpc) is 3.30. The Hall–Kier alpha value is -4.26. The number of para-hydroxylation sites is 1. The van der Waals surface area contributed by atoms with Gasteiger partial charge in [0, 0.05) is 11.7 Å². The molecule has 0 radical (unpaired) electrons. The topological polar surface area (TPSA) is 84.0 Å². The fraction of sp³-hybridized carbons (Fsp3) is 0.154. The molecule has 3 aromatic carbocycles. The van der Waals surface area contributed by atoms with Gasteiger partial charge in [-0.15, -0.1) is 0 Å². The van der Waals surface area contributed by atoms with E-state index in [4.69, 9.17) is 4.74 Å². The zero-order valence-electron chi connectivity index (χ0n) is 17.9. The fourth-order valence-electron chi connectivity index (χ4n) is 4.42. The fourth-order valence-corrected chi connectivity index (χ4v) is 4.42. The highest BCUT2D eigenvalue weighted by Crippen LogP contribution is 2.32. The number of esters is 1. The molecule has 2 aliphatic rings. The van der Waals surface area contributed by atoms with Gasteiger partial charge >= 0.3 is 5.97 Å². The predicted octanol–water partition coefficient (Wildman–Crippen LogP) is 3.62. The maximum absolute atomic E-state index is 12.8. The first kappa shape index (κ1) is 20.6. The molecule has 164 valence electrons. The largest absolute Gasteiger partial charge is 0.452 e. The molecule has 0 saturated heterocycles. The van der Waals surface area contributed by atoms with Gasteiger partial charge in [-0.05, 0) is 55.3 Å². The summed E-state index contributed by atoms with van der Waals surface area (Å²) in [5, 5.41) is 0. The Balaban J connectivity index is 1.30. The van der Waals surface area contributed by atoms with E-state index in [1.807, 2.05) is 31.2 Å². The lowest BCUT2D eigenvalue weighted by atomic mass is 10.1. The summed E-state index contributed by atoms with van der Waals surface area (Å²) in [6.45, 7) is 1.54. The van der Waals surface area contributed by atoms with Gasteiger partial charge in [-0.1, -0.05) is 36.4 Å². The summed E-state index contributed by atoms with van der Waals surface area (Å²) < 4.78 is 5.28. The van der Waals surface area contributed by atoms with Crippen LogP contribution in [-0.4, -0.2) is 36.3 Å². The summed E-state index contributed by atoms with van der Waals surface area (Å²) in [5.74, 6) is -1.91. The Kier molecular flexibility index (Phi) is 5.01. The van der Waals surface area contributed by atoms with Crippen molar-refractivity contribution in [3.8, 4) is 0 Å². The molecule has 0 aliphatic carbocycles. The lowest BCUT2D eigenvalue weighted by Gasteiger charge is -2.22. The molecule has 1 atom stereocenters. The zero-order chi connectivity index (χ0) is 23.1. The van der Waals surface area contributed by atoms with Crippen molar-refractivity contribution in [2.45, 2.75) is 19.4 Å². The van der Waals surface area contributed by atoms with Gasteiger partial charge in [-0.3, -0.25) is 14.4 Å². The predicted molar refractivity (Wildman–Crippen MR) is 121 cm³/mol.